The van der Waals surface area contributed by atoms with Gasteiger partial charge >= 0.3 is 20.3 Å². The second-order valence-electron chi connectivity index (χ2n) is 10.7. The number of ether oxygens (including phenoxy) is 2. The number of H-pyrrole nitrogens is 1. The molecule has 1 fully saturated rings. The predicted molar refractivity (Wildman–Crippen MR) is 136 cm³/mol. The molecule has 0 aliphatic carbocycles. The minimum Gasteiger partial charge on any atom is -0.453 e. The van der Waals surface area contributed by atoms with E-state index in [1.54, 1.807) is 30.3 Å². The number of hydrogen-bond donors (Lipinski definition) is 2. The van der Waals surface area contributed by atoms with Crippen molar-refractivity contribution in [2.75, 3.05) is 6.61 Å². The maximum atomic E-state index is 12.8. The van der Waals surface area contributed by atoms with E-state index in [2.05, 4.69) is 4.98 Å². The summed E-state index contributed by atoms with van der Waals surface area (Å²) in [6.07, 6.45) is -3.58. The summed E-state index contributed by atoms with van der Waals surface area (Å²) in [6.45, 7) is 12.5. The molecule has 1 aromatic heterocycles. The highest BCUT2D eigenvalue weighted by Crippen LogP contribution is 2.48. The molecule has 2 unspecified atom stereocenters. The van der Waals surface area contributed by atoms with Gasteiger partial charge in [-0.1, -0.05) is 18.2 Å². The van der Waals surface area contributed by atoms with Crippen LogP contribution in [0.3, 0.4) is 0 Å². The molecule has 1 saturated heterocycles. The van der Waals surface area contributed by atoms with Crippen LogP contribution in [0.5, 0.6) is 0 Å². The van der Waals surface area contributed by atoms with Crippen molar-refractivity contribution in [1.29, 1.82) is 0 Å². The van der Waals surface area contributed by atoms with Crippen LogP contribution < -0.4 is 11.2 Å². The Hall–Kier alpha value is -2.40. The summed E-state index contributed by atoms with van der Waals surface area (Å²) in [4.78, 5) is 39.4. The number of nitrogens with zero attached hydrogens (tertiary/aromatic N) is 1. The molecule has 11 nitrogen and oxygen atoms in total. The van der Waals surface area contributed by atoms with Gasteiger partial charge in [-0.05, 0) is 60.6 Å². The van der Waals surface area contributed by atoms with E-state index in [1.165, 1.54) is 13.1 Å². The van der Waals surface area contributed by atoms with Crippen molar-refractivity contribution in [3.8, 4) is 0 Å². The molecule has 1 aliphatic heterocycles. The van der Waals surface area contributed by atoms with E-state index in [0.717, 1.165) is 4.57 Å². The number of aromatic nitrogens is 2. The monoisotopic (exact) mass is 538 g/mol. The summed E-state index contributed by atoms with van der Waals surface area (Å²) in [5.41, 5.74) is -1.95. The molecule has 204 valence electrons. The van der Waals surface area contributed by atoms with Gasteiger partial charge in [-0.3, -0.25) is 14.3 Å². The fraction of sp³-hybridized carbons (Fsp3) is 0.560. The molecule has 2 aromatic rings. The normalized spacial score (nSPS) is 22.4. The van der Waals surface area contributed by atoms with E-state index < -0.39 is 61.6 Å². The summed E-state index contributed by atoms with van der Waals surface area (Å²) in [6, 6.07) is 8.29. The van der Waals surface area contributed by atoms with Crippen LogP contribution in [0.25, 0.3) is 0 Å². The van der Waals surface area contributed by atoms with Gasteiger partial charge in [-0.15, -0.1) is 0 Å². The Morgan fingerprint density at radius 1 is 1.08 bits per heavy atom. The fourth-order valence-electron chi connectivity index (χ4n) is 3.42. The number of rotatable bonds is 8. The first-order chi connectivity index (χ1) is 17.1. The van der Waals surface area contributed by atoms with E-state index in [1.807, 2.05) is 41.5 Å². The van der Waals surface area contributed by atoms with Gasteiger partial charge in [0.15, 0.2) is 12.3 Å². The van der Waals surface area contributed by atoms with Crippen LogP contribution in [-0.4, -0.2) is 56.7 Å². The quantitative estimate of drug-likeness (QED) is 0.383. The van der Waals surface area contributed by atoms with E-state index in [0.29, 0.717) is 0 Å². The molecule has 3 rings (SSSR count). The topological polar surface area (TPSA) is 138 Å². The number of carbonyl (C=O) groups excluding carboxylic acids is 1. The molecule has 37 heavy (non-hydrogen) atoms. The Morgan fingerprint density at radius 3 is 2.24 bits per heavy atom. The van der Waals surface area contributed by atoms with Crippen molar-refractivity contribution in [2.24, 2.45) is 0 Å². The molecule has 0 bridgehead atoms. The largest absolute Gasteiger partial charge is 0.453 e. The Morgan fingerprint density at radius 2 is 1.68 bits per heavy atom. The first-order valence-electron chi connectivity index (χ1n) is 11.9. The summed E-state index contributed by atoms with van der Waals surface area (Å²) in [5.74, 6) is -0.678. The molecule has 0 amide bonds. The zero-order valence-electron chi connectivity index (χ0n) is 22.1. The number of aryl methyl sites for hydroxylation is 1. The number of benzene rings is 1. The van der Waals surface area contributed by atoms with Gasteiger partial charge in [0.1, 0.15) is 12.2 Å². The lowest BCUT2D eigenvalue weighted by Gasteiger charge is -2.31. The van der Waals surface area contributed by atoms with E-state index in [-0.39, 0.29) is 17.7 Å². The van der Waals surface area contributed by atoms with Gasteiger partial charge in [0.25, 0.3) is 5.56 Å². The first-order valence-corrected chi connectivity index (χ1v) is 13.0. The molecule has 4 atom stereocenters. The maximum Gasteiger partial charge on any atom is 0.338 e. The number of aromatic amines is 1. The maximum absolute atomic E-state index is 12.8. The number of hydrogen-bond acceptors (Lipinski definition) is 9. The van der Waals surface area contributed by atoms with Crippen molar-refractivity contribution in [1.82, 2.24) is 9.55 Å². The SMILES string of the molecule is Cc1cn([C@@H]2O[C@H](COP(OC(C)(C)C)OC(C)(C)C)C(OC(=O)c3ccccc3)C2O)c(=O)[nH]c1=O. The lowest BCUT2D eigenvalue weighted by atomic mass is 10.1. The molecule has 0 radical (unpaired) electrons. The summed E-state index contributed by atoms with van der Waals surface area (Å²) in [7, 11) is -1.85. The fourth-order valence-corrected chi connectivity index (χ4v) is 4.73. The molecule has 0 spiro atoms. The van der Waals surface area contributed by atoms with Crippen LogP contribution in [0, 0.1) is 6.92 Å². The average Bonchev–Trinajstić information content (AvgIpc) is 3.08. The van der Waals surface area contributed by atoms with Gasteiger partial charge < -0.3 is 28.2 Å². The van der Waals surface area contributed by atoms with Crippen LogP contribution in [0.2, 0.25) is 0 Å². The summed E-state index contributed by atoms with van der Waals surface area (Å²) < 4.78 is 30.5. The molecule has 12 heteroatoms. The third kappa shape index (κ3) is 8.04. The van der Waals surface area contributed by atoms with Gasteiger partial charge in [0, 0.05) is 11.8 Å². The second-order valence-corrected chi connectivity index (χ2v) is 11.8. The van der Waals surface area contributed by atoms with Crippen LogP contribution in [0.1, 0.15) is 63.7 Å². The Balaban J connectivity index is 1.88. The number of esters is 1. The van der Waals surface area contributed by atoms with Crippen molar-refractivity contribution in [3.63, 3.8) is 0 Å². The standard InChI is InChI=1S/C25H35N2O9P/c1-15-13-27(23(31)26-20(15)29)21-18(28)19(34-22(30)16-11-9-8-10-12-16)17(33-21)14-32-37(35-24(2,3)4)36-25(5,6)7/h8-13,17-19,21,28H,14H2,1-7H3,(H,26,29,31)/t17-,18?,19?,21-/m1/s1. The zero-order chi connectivity index (χ0) is 27.5. The predicted octanol–water partition coefficient (Wildman–Crippen LogP) is 3.20. The minimum absolute atomic E-state index is 0.171. The Bertz CT molecular complexity index is 1170. The van der Waals surface area contributed by atoms with Crippen molar-refractivity contribution >= 4 is 14.6 Å². The van der Waals surface area contributed by atoms with Gasteiger partial charge in [-0.2, -0.15) is 0 Å². The number of carbonyl (C=O) groups is 1. The third-order valence-electron chi connectivity index (χ3n) is 5.02. The lowest BCUT2D eigenvalue weighted by molar-refractivity contribution is -0.0596. The summed E-state index contributed by atoms with van der Waals surface area (Å²) in [5, 5.41) is 11.1. The average molecular weight is 539 g/mol. The molecule has 1 aliphatic rings. The van der Waals surface area contributed by atoms with Crippen LogP contribution in [0.15, 0.2) is 46.1 Å². The smallest absolute Gasteiger partial charge is 0.338 e. The number of aliphatic hydroxyl groups is 1. The molecule has 0 saturated carbocycles. The molecule has 1 aromatic carbocycles. The van der Waals surface area contributed by atoms with Crippen molar-refractivity contribution in [3.05, 3.63) is 68.5 Å². The van der Waals surface area contributed by atoms with Crippen LogP contribution in [0.4, 0.5) is 0 Å². The number of nitrogens with one attached hydrogen (secondary N) is 1. The minimum atomic E-state index is -1.85. The lowest BCUT2D eigenvalue weighted by Crippen LogP contribution is -2.40. The highest BCUT2D eigenvalue weighted by atomic mass is 31.2. The van der Waals surface area contributed by atoms with Crippen molar-refractivity contribution < 1.29 is 32.9 Å². The van der Waals surface area contributed by atoms with Crippen LogP contribution in [-0.2, 0) is 23.0 Å². The molecular formula is C25H35N2O9P. The van der Waals surface area contributed by atoms with E-state index >= 15 is 0 Å². The second kappa shape index (κ2) is 11.6. The number of aliphatic hydroxyl groups excluding tert-OH is 1. The third-order valence-corrected chi connectivity index (χ3v) is 6.78. The Kier molecular flexibility index (Phi) is 9.10. The zero-order valence-corrected chi connectivity index (χ0v) is 23.0. The van der Waals surface area contributed by atoms with Gasteiger partial charge in [0.05, 0.1) is 23.4 Å². The molecular weight excluding hydrogens is 503 g/mol. The van der Waals surface area contributed by atoms with E-state index in [9.17, 15) is 19.5 Å². The highest BCUT2D eigenvalue weighted by molar-refractivity contribution is 7.41. The summed E-state index contributed by atoms with van der Waals surface area (Å²) >= 11 is 0. The Labute approximate surface area is 216 Å². The van der Waals surface area contributed by atoms with Crippen molar-refractivity contribution in [2.45, 2.75) is 84.2 Å². The van der Waals surface area contributed by atoms with Gasteiger partial charge in [0.2, 0.25) is 0 Å². The van der Waals surface area contributed by atoms with E-state index in [4.69, 9.17) is 23.0 Å². The van der Waals surface area contributed by atoms with Crippen LogP contribution >= 0.6 is 8.60 Å². The first kappa shape index (κ1) is 29.2. The molecule has 2 heterocycles. The molecule has 2 N–H and O–H groups in total. The highest BCUT2D eigenvalue weighted by Gasteiger charge is 2.48. The van der Waals surface area contributed by atoms with Gasteiger partial charge in [-0.25, -0.2) is 9.59 Å².